The van der Waals surface area contributed by atoms with E-state index in [1.807, 2.05) is 29.5 Å². The van der Waals surface area contributed by atoms with Crippen LogP contribution in [0, 0.1) is 0 Å². The van der Waals surface area contributed by atoms with Gasteiger partial charge in [-0.2, -0.15) is 9.97 Å². The molecular weight excluding hydrogens is 643 g/mol. The molecule has 0 amide bonds. The van der Waals surface area contributed by atoms with Crippen molar-refractivity contribution in [3.63, 3.8) is 0 Å². The number of hydrogen-bond donors (Lipinski definition) is 0. The molecule has 11 rings (SSSR count). The Morgan fingerprint density at radius 3 is 1.59 bits per heavy atom. The van der Waals surface area contributed by atoms with Crippen LogP contribution in [0.2, 0.25) is 0 Å². The highest BCUT2D eigenvalue weighted by Crippen LogP contribution is 2.39. The van der Waals surface area contributed by atoms with E-state index >= 15 is 0 Å². The van der Waals surface area contributed by atoms with E-state index in [-0.39, 0.29) is 0 Å². The summed E-state index contributed by atoms with van der Waals surface area (Å²) in [4.78, 5) is 15.5. The van der Waals surface area contributed by atoms with E-state index < -0.39 is 0 Å². The summed E-state index contributed by atoms with van der Waals surface area (Å²) in [7, 11) is 0. The number of rotatable bonds is 4. The van der Waals surface area contributed by atoms with Crippen LogP contribution in [0.15, 0.2) is 164 Å². The first-order chi connectivity index (χ1) is 25.3. The maximum Gasteiger partial charge on any atom is 0.238 e. The number of aromatic nitrogens is 5. The Labute approximate surface area is 296 Å². The molecule has 0 aliphatic rings. The predicted molar refractivity (Wildman–Crippen MR) is 212 cm³/mol. The molecule has 0 atom stereocenters. The second-order valence-corrected chi connectivity index (χ2v) is 14.0. The first kappa shape index (κ1) is 28.2. The minimum atomic E-state index is 0.590. The second kappa shape index (κ2) is 10.9. The van der Waals surface area contributed by atoms with Gasteiger partial charge in [0, 0.05) is 58.5 Å². The summed E-state index contributed by atoms with van der Waals surface area (Å²) in [5.41, 5.74) is 7.38. The highest BCUT2D eigenvalue weighted by molar-refractivity contribution is 7.25. The van der Waals surface area contributed by atoms with Gasteiger partial charge in [0.05, 0.1) is 22.1 Å². The van der Waals surface area contributed by atoms with Crippen molar-refractivity contribution in [3.05, 3.63) is 164 Å². The van der Waals surface area contributed by atoms with Crippen molar-refractivity contribution in [2.45, 2.75) is 0 Å². The fourth-order valence-corrected chi connectivity index (χ4v) is 8.83. The number of fused-ring (bicyclic) bond motifs is 9. The molecule has 0 bridgehead atoms. The lowest BCUT2D eigenvalue weighted by molar-refractivity contribution is 0.953. The smallest absolute Gasteiger partial charge is 0.238 e. The molecule has 4 heterocycles. The fraction of sp³-hybridized carbons (Fsp3) is 0. The fourth-order valence-electron chi connectivity index (χ4n) is 7.69. The molecule has 0 saturated heterocycles. The molecule has 7 aromatic carbocycles. The molecular formula is C45H27N5S. The maximum atomic E-state index is 5.23. The predicted octanol–water partition coefficient (Wildman–Crippen LogP) is 11.8. The van der Waals surface area contributed by atoms with Crippen LogP contribution in [-0.4, -0.2) is 24.1 Å². The van der Waals surface area contributed by atoms with Crippen molar-refractivity contribution in [3.8, 4) is 34.4 Å². The lowest BCUT2D eigenvalue weighted by Crippen LogP contribution is -2.06. The SMILES string of the molecule is c1ccc(-c2nc(-c3ccc4c5ccccc5n(-c5ccc6c(c5)sc5ccccc56)c4c3)nc(-n3c4ccccc4c4ccccc43)n2)cc1. The highest BCUT2D eigenvalue weighted by atomic mass is 32.1. The summed E-state index contributed by atoms with van der Waals surface area (Å²) >= 11 is 1.84. The van der Waals surface area contributed by atoms with E-state index in [1.54, 1.807) is 0 Å². The molecule has 4 aromatic heterocycles. The summed E-state index contributed by atoms with van der Waals surface area (Å²) in [5.74, 6) is 1.85. The lowest BCUT2D eigenvalue weighted by atomic mass is 10.1. The Morgan fingerprint density at radius 2 is 0.882 bits per heavy atom. The van der Waals surface area contributed by atoms with Gasteiger partial charge in [-0.25, -0.2) is 4.98 Å². The topological polar surface area (TPSA) is 48.5 Å². The summed E-state index contributed by atoms with van der Waals surface area (Å²) < 4.78 is 7.12. The van der Waals surface area contributed by atoms with Crippen LogP contribution in [0.4, 0.5) is 0 Å². The summed E-state index contributed by atoms with van der Waals surface area (Å²) in [6.45, 7) is 0. The zero-order valence-corrected chi connectivity index (χ0v) is 28.0. The van der Waals surface area contributed by atoms with Gasteiger partial charge in [-0.1, -0.05) is 121 Å². The standard InChI is InChI=1S/C45H27N5S/c1-2-12-28(13-3-1)43-46-44(48-45(47-43)50-38-19-9-5-14-31(38)32-15-6-10-20-39(32)50)29-22-24-34-33-16-4-8-18-37(33)49(40(34)26-29)30-23-25-36-35-17-7-11-21-41(35)51-42(36)27-30/h1-27H. The number of benzene rings is 7. The van der Waals surface area contributed by atoms with Crippen LogP contribution in [0.1, 0.15) is 0 Å². The zero-order chi connectivity index (χ0) is 33.5. The van der Waals surface area contributed by atoms with Crippen molar-refractivity contribution in [1.29, 1.82) is 0 Å². The number of hydrogen-bond acceptors (Lipinski definition) is 4. The van der Waals surface area contributed by atoms with E-state index in [1.165, 1.54) is 30.9 Å². The molecule has 0 aliphatic carbocycles. The van der Waals surface area contributed by atoms with Crippen LogP contribution in [0.5, 0.6) is 0 Å². The molecule has 0 unspecified atom stereocenters. The van der Waals surface area contributed by atoms with Gasteiger partial charge < -0.3 is 4.57 Å². The van der Waals surface area contributed by atoms with Gasteiger partial charge >= 0.3 is 0 Å². The van der Waals surface area contributed by atoms with Crippen molar-refractivity contribution in [1.82, 2.24) is 24.1 Å². The first-order valence-corrected chi connectivity index (χ1v) is 17.9. The van der Waals surface area contributed by atoms with E-state index in [2.05, 4.69) is 155 Å². The Hall–Kier alpha value is -6.63. The number of para-hydroxylation sites is 3. The molecule has 0 N–H and O–H groups in total. The van der Waals surface area contributed by atoms with Gasteiger partial charge in [-0.15, -0.1) is 11.3 Å². The number of nitrogens with zero attached hydrogens (tertiary/aromatic N) is 5. The second-order valence-electron chi connectivity index (χ2n) is 12.9. The Bertz CT molecular complexity index is 3100. The molecule has 0 radical (unpaired) electrons. The lowest BCUT2D eigenvalue weighted by Gasteiger charge is -2.12. The minimum Gasteiger partial charge on any atom is -0.309 e. The molecule has 6 heteroatoms. The molecule has 0 fully saturated rings. The van der Waals surface area contributed by atoms with Crippen molar-refractivity contribution >= 4 is 75.1 Å². The van der Waals surface area contributed by atoms with Crippen LogP contribution in [0.25, 0.3) is 98.2 Å². The van der Waals surface area contributed by atoms with Gasteiger partial charge in [0.2, 0.25) is 5.95 Å². The maximum absolute atomic E-state index is 5.23. The van der Waals surface area contributed by atoms with Gasteiger partial charge in [-0.05, 0) is 42.5 Å². The highest BCUT2D eigenvalue weighted by Gasteiger charge is 2.19. The Morgan fingerprint density at radius 1 is 0.353 bits per heavy atom. The Kier molecular flexibility index (Phi) is 6.05. The normalized spacial score (nSPS) is 11.9. The van der Waals surface area contributed by atoms with Crippen molar-refractivity contribution < 1.29 is 0 Å². The van der Waals surface area contributed by atoms with Crippen molar-refractivity contribution in [2.24, 2.45) is 0 Å². The average Bonchev–Trinajstić information content (AvgIpc) is 3.85. The van der Waals surface area contributed by atoms with E-state index in [0.29, 0.717) is 17.6 Å². The third-order valence-electron chi connectivity index (χ3n) is 9.99. The van der Waals surface area contributed by atoms with Gasteiger partial charge in [0.25, 0.3) is 0 Å². The van der Waals surface area contributed by atoms with Gasteiger partial charge in [0.1, 0.15) is 0 Å². The molecule has 0 saturated carbocycles. The summed E-state index contributed by atoms with van der Waals surface area (Å²) in [6.07, 6.45) is 0. The van der Waals surface area contributed by atoms with Crippen LogP contribution in [0.3, 0.4) is 0 Å². The van der Waals surface area contributed by atoms with Gasteiger partial charge in [0.15, 0.2) is 11.6 Å². The van der Waals surface area contributed by atoms with E-state index in [9.17, 15) is 0 Å². The molecule has 238 valence electrons. The average molecular weight is 670 g/mol. The molecule has 51 heavy (non-hydrogen) atoms. The quantitative estimate of drug-likeness (QED) is 0.187. The van der Waals surface area contributed by atoms with E-state index in [0.717, 1.165) is 49.7 Å². The molecule has 0 spiro atoms. The monoisotopic (exact) mass is 669 g/mol. The Balaban J connectivity index is 1.17. The van der Waals surface area contributed by atoms with Gasteiger partial charge in [-0.3, -0.25) is 4.57 Å². The molecule has 5 nitrogen and oxygen atoms in total. The van der Waals surface area contributed by atoms with Crippen LogP contribution >= 0.6 is 11.3 Å². The summed E-state index contributed by atoms with van der Waals surface area (Å²) in [6, 6.07) is 57.8. The van der Waals surface area contributed by atoms with E-state index in [4.69, 9.17) is 15.0 Å². The molecule has 11 aromatic rings. The minimum absolute atomic E-state index is 0.590. The van der Waals surface area contributed by atoms with Crippen LogP contribution in [-0.2, 0) is 0 Å². The molecule has 0 aliphatic heterocycles. The zero-order valence-electron chi connectivity index (χ0n) is 27.2. The largest absolute Gasteiger partial charge is 0.309 e. The third kappa shape index (κ3) is 4.30. The van der Waals surface area contributed by atoms with Crippen molar-refractivity contribution in [2.75, 3.05) is 0 Å². The third-order valence-corrected chi connectivity index (χ3v) is 11.1. The summed E-state index contributed by atoms with van der Waals surface area (Å²) in [5, 5.41) is 7.32. The number of thiophene rings is 1. The first-order valence-electron chi connectivity index (χ1n) is 17.0. The van der Waals surface area contributed by atoms with Crippen LogP contribution < -0.4 is 0 Å².